The number of pyridine rings is 1. The molecule has 0 atom stereocenters. The highest BCUT2D eigenvalue weighted by atomic mass is 35.5. The molecule has 0 spiro atoms. The second-order valence-corrected chi connectivity index (χ2v) is 14.9. The number of rotatable bonds is 10. The fraction of sp³-hybridized carbons (Fsp3) is 0.348. The lowest BCUT2D eigenvalue weighted by molar-refractivity contribution is 0.0774. The molecule has 2 heterocycles. The van der Waals surface area contributed by atoms with Crippen molar-refractivity contribution in [3.8, 4) is 16.9 Å². The molecule has 0 unspecified atom stereocenters. The molecule has 1 aromatic carbocycles. The second kappa shape index (κ2) is 11.0. The average molecular weight is 506 g/mol. The minimum Gasteiger partial charge on any atom is -0.494 e. The van der Waals surface area contributed by atoms with E-state index in [0.717, 1.165) is 6.04 Å². The molecule has 11 heteroatoms. The number of nitrogens with one attached hydrogen (secondary N) is 2. The van der Waals surface area contributed by atoms with Crippen molar-refractivity contribution in [1.29, 1.82) is 0 Å². The molecule has 0 fully saturated rings. The van der Waals surface area contributed by atoms with Crippen LogP contribution in [0.25, 0.3) is 11.1 Å². The van der Waals surface area contributed by atoms with Crippen LogP contribution in [-0.2, 0) is 11.5 Å². The van der Waals surface area contributed by atoms with Crippen molar-refractivity contribution in [3.05, 3.63) is 53.3 Å². The summed E-state index contributed by atoms with van der Waals surface area (Å²) in [6.45, 7) is 7.58. The van der Waals surface area contributed by atoms with E-state index in [9.17, 15) is 9.18 Å². The van der Waals surface area contributed by atoms with Crippen LogP contribution in [0, 0.1) is 5.95 Å². The van der Waals surface area contributed by atoms with E-state index in [1.165, 1.54) is 31.1 Å². The van der Waals surface area contributed by atoms with E-state index in [2.05, 4.69) is 40.4 Å². The second-order valence-electron chi connectivity index (χ2n) is 8.86. The normalized spacial score (nSPS) is 11.4. The summed E-state index contributed by atoms with van der Waals surface area (Å²) in [6.07, 6.45) is 2.97. The zero-order valence-corrected chi connectivity index (χ0v) is 21.7. The lowest BCUT2D eigenvalue weighted by Gasteiger charge is -2.16. The number of ether oxygens (including phenoxy) is 2. The van der Waals surface area contributed by atoms with Crippen LogP contribution >= 0.6 is 11.6 Å². The molecule has 0 aliphatic heterocycles. The van der Waals surface area contributed by atoms with Gasteiger partial charge in [0.15, 0.2) is 0 Å². The number of hydrogen-bond acceptors (Lipinski definition) is 6. The van der Waals surface area contributed by atoms with Crippen molar-refractivity contribution < 1.29 is 18.7 Å². The molecule has 34 heavy (non-hydrogen) atoms. The Morgan fingerprint density at radius 2 is 2.00 bits per heavy atom. The molecule has 0 radical (unpaired) electrons. The maximum atomic E-state index is 14.8. The summed E-state index contributed by atoms with van der Waals surface area (Å²) < 4.78 is 27.5. The van der Waals surface area contributed by atoms with Crippen LogP contribution in [0.2, 0.25) is 30.8 Å². The highest BCUT2D eigenvalue weighted by Crippen LogP contribution is 2.39. The van der Waals surface area contributed by atoms with Crippen molar-refractivity contribution in [2.45, 2.75) is 32.4 Å². The molecule has 0 saturated heterocycles. The minimum atomic E-state index is -1.21. The lowest BCUT2D eigenvalue weighted by atomic mass is 10.1. The van der Waals surface area contributed by atoms with Gasteiger partial charge < -0.3 is 20.1 Å². The van der Waals surface area contributed by atoms with Gasteiger partial charge in [-0.15, -0.1) is 5.10 Å². The van der Waals surface area contributed by atoms with Gasteiger partial charge in [-0.3, -0.25) is 4.79 Å². The first-order chi connectivity index (χ1) is 16.1. The lowest BCUT2D eigenvalue weighted by Crippen LogP contribution is -2.22. The van der Waals surface area contributed by atoms with Gasteiger partial charge in [-0.1, -0.05) is 43.4 Å². The van der Waals surface area contributed by atoms with Crippen LogP contribution in [0.15, 0.2) is 36.7 Å². The first-order valence-electron chi connectivity index (χ1n) is 10.8. The van der Waals surface area contributed by atoms with Crippen LogP contribution in [0.3, 0.4) is 0 Å². The van der Waals surface area contributed by atoms with Crippen molar-refractivity contribution in [2.75, 3.05) is 26.1 Å². The number of aromatic nitrogens is 3. The quantitative estimate of drug-likeness (QED) is 0.225. The largest absolute Gasteiger partial charge is 0.494 e. The molecule has 0 bridgehead atoms. The average Bonchev–Trinajstić information content (AvgIpc) is 3.15. The smallest absolute Gasteiger partial charge is 0.254 e. The van der Waals surface area contributed by atoms with Gasteiger partial charge in [0.1, 0.15) is 17.6 Å². The summed E-state index contributed by atoms with van der Waals surface area (Å²) in [5.41, 5.74) is 2.02. The Balaban J connectivity index is 1.89. The third kappa shape index (κ3) is 6.34. The van der Waals surface area contributed by atoms with E-state index < -0.39 is 14.0 Å². The Labute approximate surface area is 204 Å². The number of carbonyl (C=O) groups excluding carboxylic acids is 1. The Morgan fingerprint density at radius 3 is 2.68 bits per heavy atom. The monoisotopic (exact) mass is 505 g/mol. The van der Waals surface area contributed by atoms with E-state index in [4.69, 9.17) is 21.1 Å². The van der Waals surface area contributed by atoms with Gasteiger partial charge in [0, 0.05) is 39.7 Å². The Morgan fingerprint density at radius 1 is 1.24 bits per heavy atom. The van der Waals surface area contributed by atoms with Crippen LogP contribution < -0.4 is 15.4 Å². The van der Waals surface area contributed by atoms with E-state index in [1.54, 1.807) is 24.4 Å². The van der Waals surface area contributed by atoms with Crippen LogP contribution in [-0.4, -0.2) is 49.5 Å². The summed E-state index contributed by atoms with van der Waals surface area (Å²) in [7, 11) is 1.80. The number of amides is 1. The predicted molar refractivity (Wildman–Crippen MR) is 134 cm³/mol. The fourth-order valence-corrected chi connectivity index (χ4v) is 4.16. The number of nitrogens with zero attached hydrogens (tertiary/aromatic N) is 3. The van der Waals surface area contributed by atoms with Gasteiger partial charge in [0.25, 0.3) is 5.91 Å². The summed E-state index contributed by atoms with van der Waals surface area (Å²) in [5.74, 6) is -0.582. The van der Waals surface area contributed by atoms with Crippen LogP contribution in [0.4, 0.5) is 15.8 Å². The van der Waals surface area contributed by atoms with Crippen molar-refractivity contribution in [1.82, 2.24) is 20.1 Å². The first-order valence-corrected chi connectivity index (χ1v) is 14.8. The number of halogens is 2. The van der Waals surface area contributed by atoms with Gasteiger partial charge in [-0.25, -0.2) is 9.67 Å². The fourth-order valence-electron chi connectivity index (χ4n) is 3.24. The molecule has 0 saturated carbocycles. The molecule has 1 amide bonds. The van der Waals surface area contributed by atoms with E-state index in [-0.39, 0.29) is 23.4 Å². The summed E-state index contributed by atoms with van der Waals surface area (Å²) in [6, 6.07) is 7.80. The van der Waals surface area contributed by atoms with Crippen molar-refractivity contribution in [2.24, 2.45) is 0 Å². The standard InChI is InChI=1S/C23H29ClFN5O3Si/c1-26-23(31)16-12-27-20(24)11-19(16)28-18-8-6-7-15(21(18)32-2)17-13-30(29-22(17)25)14-33-9-10-34(3,4)5/h6-8,11-13H,9-10,14H2,1-5H3,(H,26,31)(H,27,28). The van der Waals surface area contributed by atoms with Gasteiger partial charge in [-0.2, -0.15) is 4.39 Å². The van der Waals surface area contributed by atoms with E-state index >= 15 is 0 Å². The molecule has 0 aliphatic carbocycles. The summed E-state index contributed by atoms with van der Waals surface area (Å²) in [4.78, 5) is 16.2. The molecular formula is C23H29ClFN5O3Si. The van der Waals surface area contributed by atoms with Gasteiger partial charge in [-0.05, 0) is 18.2 Å². The molecule has 2 aromatic heterocycles. The van der Waals surface area contributed by atoms with E-state index in [0.29, 0.717) is 34.9 Å². The maximum Gasteiger partial charge on any atom is 0.254 e. The minimum absolute atomic E-state index is 0.159. The SMILES string of the molecule is CNC(=O)c1cnc(Cl)cc1Nc1cccc(-c2cn(COCC[Si](C)(C)C)nc2F)c1OC. The summed E-state index contributed by atoms with van der Waals surface area (Å²) in [5, 5.41) is 9.89. The molecule has 182 valence electrons. The number of carbonyl (C=O) groups is 1. The Hall–Kier alpha value is -2.95. The summed E-state index contributed by atoms with van der Waals surface area (Å²) >= 11 is 6.05. The van der Waals surface area contributed by atoms with Crippen LogP contribution in [0.1, 0.15) is 10.4 Å². The Kier molecular flexibility index (Phi) is 8.29. The molecule has 3 rings (SSSR count). The van der Waals surface area contributed by atoms with Crippen LogP contribution in [0.5, 0.6) is 5.75 Å². The number of para-hydroxylation sites is 1. The highest BCUT2D eigenvalue weighted by molar-refractivity contribution is 6.76. The van der Waals surface area contributed by atoms with Gasteiger partial charge >= 0.3 is 0 Å². The molecule has 8 nitrogen and oxygen atoms in total. The zero-order valence-electron chi connectivity index (χ0n) is 19.9. The van der Waals surface area contributed by atoms with Gasteiger partial charge in [0.05, 0.1) is 29.6 Å². The molecule has 2 N–H and O–H groups in total. The van der Waals surface area contributed by atoms with Gasteiger partial charge in [0.2, 0.25) is 5.95 Å². The number of methoxy groups -OCH3 is 1. The van der Waals surface area contributed by atoms with Crippen molar-refractivity contribution >= 4 is 37.0 Å². The zero-order chi connectivity index (χ0) is 24.9. The third-order valence-corrected chi connectivity index (χ3v) is 6.97. The molecule has 3 aromatic rings. The number of benzene rings is 1. The van der Waals surface area contributed by atoms with E-state index in [1.807, 2.05) is 0 Å². The maximum absolute atomic E-state index is 14.8. The first kappa shape index (κ1) is 25.7. The highest BCUT2D eigenvalue weighted by Gasteiger charge is 2.20. The van der Waals surface area contributed by atoms with Crippen molar-refractivity contribution in [3.63, 3.8) is 0 Å². The topological polar surface area (TPSA) is 90.3 Å². The number of anilines is 2. The predicted octanol–water partition coefficient (Wildman–Crippen LogP) is 5.16. The molecule has 0 aliphatic rings. The Bertz CT molecular complexity index is 1170. The third-order valence-electron chi connectivity index (χ3n) is 5.06. The number of hydrogen-bond donors (Lipinski definition) is 2. The molecular weight excluding hydrogens is 477 g/mol.